The van der Waals surface area contributed by atoms with Crippen molar-refractivity contribution in [2.75, 3.05) is 0 Å². The number of nitrogens with one attached hydrogen (secondary N) is 2. The normalized spacial score (nSPS) is 30.3. The van der Waals surface area contributed by atoms with E-state index in [2.05, 4.69) is 38.0 Å². The van der Waals surface area contributed by atoms with E-state index in [1.807, 2.05) is 0 Å². The molecule has 2 fully saturated rings. The van der Waals surface area contributed by atoms with Crippen molar-refractivity contribution in [2.45, 2.75) is 70.0 Å². The molecule has 100 valence electrons. The van der Waals surface area contributed by atoms with Crippen LogP contribution in [0.3, 0.4) is 0 Å². The molecule has 2 unspecified atom stereocenters. The van der Waals surface area contributed by atoms with Gasteiger partial charge in [0.2, 0.25) is 0 Å². The van der Waals surface area contributed by atoms with Crippen molar-refractivity contribution in [1.29, 1.82) is 0 Å². The van der Waals surface area contributed by atoms with E-state index >= 15 is 0 Å². The van der Waals surface area contributed by atoms with E-state index in [-0.39, 0.29) is 6.04 Å². The van der Waals surface area contributed by atoms with Crippen LogP contribution in [0.15, 0.2) is 0 Å². The Morgan fingerprint density at radius 2 is 2.17 bits per heavy atom. The number of rotatable bonds is 4. The van der Waals surface area contributed by atoms with Crippen molar-refractivity contribution >= 4 is 0 Å². The molecule has 1 aromatic heterocycles. The molecular formula is C12H22N6. The van der Waals surface area contributed by atoms with Crippen LogP contribution in [-0.2, 0) is 0 Å². The van der Waals surface area contributed by atoms with Crippen LogP contribution in [0, 0.1) is 0 Å². The minimum atomic E-state index is 0.237. The standard InChI is InChI=1S/C12H22N6/c1-2-5-10-8-11(12-13-16-17-14-12)15-18(10)9-6-3-4-7-9/h9-11,15H,2-8H2,1H3,(H,13,14,16,17). The maximum atomic E-state index is 4.12. The quantitative estimate of drug-likeness (QED) is 0.848. The summed E-state index contributed by atoms with van der Waals surface area (Å²) in [6, 6.07) is 1.57. The largest absolute Gasteiger partial charge is 0.244 e. The van der Waals surface area contributed by atoms with Crippen molar-refractivity contribution in [3.8, 4) is 0 Å². The van der Waals surface area contributed by atoms with E-state index in [1.54, 1.807) is 0 Å². The van der Waals surface area contributed by atoms with Gasteiger partial charge in [0.25, 0.3) is 0 Å². The monoisotopic (exact) mass is 250 g/mol. The summed E-state index contributed by atoms with van der Waals surface area (Å²) in [5.41, 5.74) is 3.62. The molecule has 2 N–H and O–H groups in total. The van der Waals surface area contributed by atoms with Gasteiger partial charge in [-0.15, -0.1) is 10.2 Å². The van der Waals surface area contributed by atoms with Crippen LogP contribution in [0.25, 0.3) is 0 Å². The average molecular weight is 250 g/mol. The Morgan fingerprint density at radius 3 is 2.83 bits per heavy atom. The summed E-state index contributed by atoms with van der Waals surface area (Å²) in [5, 5.41) is 16.9. The molecule has 0 amide bonds. The number of nitrogens with zero attached hydrogens (tertiary/aromatic N) is 4. The third-order valence-corrected chi connectivity index (χ3v) is 4.22. The molecule has 2 atom stereocenters. The Kier molecular flexibility index (Phi) is 3.56. The van der Waals surface area contributed by atoms with Crippen molar-refractivity contribution < 1.29 is 0 Å². The summed E-state index contributed by atoms with van der Waals surface area (Å²) in [6.07, 6.45) is 8.97. The summed E-state index contributed by atoms with van der Waals surface area (Å²) >= 11 is 0. The maximum Gasteiger partial charge on any atom is 0.192 e. The van der Waals surface area contributed by atoms with Crippen LogP contribution in [0.4, 0.5) is 0 Å². The summed E-state index contributed by atoms with van der Waals surface area (Å²) in [7, 11) is 0. The van der Waals surface area contributed by atoms with Crippen molar-refractivity contribution in [2.24, 2.45) is 0 Å². The second-order valence-corrected chi connectivity index (χ2v) is 5.48. The van der Waals surface area contributed by atoms with E-state index in [0.717, 1.165) is 12.2 Å². The molecule has 1 aliphatic carbocycles. The summed E-state index contributed by atoms with van der Waals surface area (Å²) in [5.74, 6) is 0.802. The van der Waals surface area contributed by atoms with Gasteiger partial charge in [-0.3, -0.25) is 0 Å². The van der Waals surface area contributed by atoms with Gasteiger partial charge in [0.1, 0.15) is 0 Å². The van der Waals surface area contributed by atoms with Gasteiger partial charge in [-0.25, -0.2) is 10.4 Å². The molecular weight excluding hydrogens is 228 g/mol. The lowest BCUT2D eigenvalue weighted by Crippen LogP contribution is -2.44. The van der Waals surface area contributed by atoms with Gasteiger partial charge < -0.3 is 0 Å². The number of tetrazole rings is 1. The predicted molar refractivity (Wildman–Crippen MR) is 67.5 cm³/mol. The van der Waals surface area contributed by atoms with Gasteiger partial charge >= 0.3 is 0 Å². The highest BCUT2D eigenvalue weighted by molar-refractivity contribution is 4.98. The van der Waals surface area contributed by atoms with E-state index in [9.17, 15) is 0 Å². The third kappa shape index (κ3) is 2.27. The molecule has 1 saturated carbocycles. The fraction of sp³-hybridized carbons (Fsp3) is 0.917. The maximum absolute atomic E-state index is 4.12. The summed E-state index contributed by atoms with van der Waals surface area (Å²) in [4.78, 5) is 0. The first-order valence-electron chi connectivity index (χ1n) is 7.16. The fourth-order valence-electron chi connectivity index (χ4n) is 3.38. The SMILES string of the molecule is CCCC1CC(c2nn[nH]n2)NN1C1CCCC1. The van der Waals surface area contributed by atoms with Crippen LogP contribution < -0.4 is 5.43 Å². The molecule has 0 bridgehead atoms. The van der Waals surface area contributed by atoms with Crippen LogP contribution in [0.1, 0.15) is 63.7 Å². The van der Waals surface area contributed by atoms with Crippen molar-refractivity contribution in [1.82, 2.24) is 31.1 Å². The first kappa shape index (κ1) is 12.0. The molecule has 0 aromatic carbocycles. The van der Waals surface area contributed by atoms with Crippen LogP contribution in [-0.4, -0.2) is 37.7 Å². The molecule has 1 saturated heterocycles. The molecule has 1 aliphatic heterocycles. The lowest BCUT2D eigenvalue weighted by Gasteiger charge is -2.30. The summed E-state index contributed by atoms with van der Waals surface area (Å²) in [6.45, 7) is 2.26. The molecule has 0 radical (unpaired) electrons. The molecule has 2 heterocycles. The summed E-state index contributed by atoms with van der Waals surface area (Å²) < 4.78 is 0. The van der Waals surface area contributed by atoms with Crippen LogP contribution in [0.2, 0.25) is 0 Å². The smallest absolute Gasteiger partial charge is 0.192 e. The van der Waals surface area contributed by atoms with Gasteiger partial charge in [-0.2, -0.15) is 5.21 Å². The number of hydrazine groups is 1. The Morgan fingerprint density at radius 1 is 1.33 bits per heavy atom. The Balaban J connectivity index is 1.71. The van der Waals surface area contributed by atoms with Gasteiger partial charge in [-0.1, -0.05) is 31.4 Å². The first-order valence-corrected chi connectivity index (χ1v) is 7.16. The first-order chi connectivity index (χ1) is 8.88. The molecule has 6 nitrogen and oxygen atoms in total. The minimum Gasteiger partial charge on any atom is -0.244 e. The second-order valence-electron chi connectivity index (χ2n) is 5.48. The lowest BCUT2D eigenvalue weighted by molar-refractivity contribution is 0.110. The zero-order valence-corrected chi connectivity index (χ0v) is 11.0. The van der Waals surface area contributed by atoms with E-state index in [0.29, 0.717) is 12.1 Å². The van der Waals surface area contributed by atoms with Gasteiger partial charge in [0.15, 0.2) is 5.82 Å². The highest BCUT2D eigenvalue weighted by atomic mass is 15.6. The average Bonchev–Trinajstić information content (AvgIpc) is 3.11. The van der Waals surface area contributed by atoms with E-state index < -0.39 is 0 Å². The lowest BCUT2D eigenvalue weighted by atomic mass is 10.0. The van der Waals surface area contributed by atoms with Gasteiger partial charge in [0.05, 0.1) is 6.04 Å². The zero-order valence-electron chi connectivity index (χ0n) is 11.0. The second kappa shape index (κ2) is 5.32. The molecule has 2 aliphatic rings. The van der Waals surface area contributed by atoms with Gasteiger partial charge in [0, 0.05) is 12.1 Å². The number of aromatic amines is 1. The number of hydrogen-bond acceptors (Lipinski definition) is 5. The van der Waals surface area contributed by atoms with Crippen molar-refractivity contribution in [3.05, 3.63) is 5.82 Å². The number of hydrogen-bond donors (Lipinski definition) is 2. The van der Waals surface area contributed by atoms with Crippen LogP contribution in [0.5, 0.6) is 0 Å². The molecule has 0 spiro atoms. The van der Waals surface area contributed by atoms with E-state index in [4.69, 9.17) is 0 Å². The molecule has 6 heteroatoms. The Bertz CT molecular complexity index is 359. The van der Waals surface area contributed by atoms with E-state index in [1.165, 1.54) is 38.5 Å². The topological polar surface area (TPSA) is 69.7 Å². The minimum absolute atomic E-state index is 0.237. The third-order valence-electron chi connectivity index (χ3n) is 4.22. The zero-order chi connectivity index (χ0) is 12.4. The predicted octanol–water partition coefficient (Wildman–Crippen LogP) is 1.56. The number of aromatic nitrogens is 4. The fourth-order valence-corrected chi connectivity index (χ4v) is 3.38. The highest BCUT2D eigenvalue weighted by Crippen LogP contribution is 2.33. The van der Waals surface area contributed by atoms with Crippen molar-refractivity contribution in [3.63, 3.8) is 0 Å². The van der Waals surface area contributed by atoms with Gasteiger partial charge in [-0.05, 0) is 25.7 Å². The molecule has 1 aromatic rings. The molecule has 18 heavy (non-hydrogen) atoms. The molecule has 3 rings (SSSR count). The Labute approximate surface area is 107 Å². The Hall–Kier alpha value is -1.01. The number of H-pyrrole nitrogens is 1. The van der Waals surface area contributed by atoms with Crippen LogP contribution >= 0.6 is 0 Å². The highest BCUT2D eigenvalue weighted by Gasteiger charge is 2.38.